The zero-order valence-electron chi connectivity index (χ0n) is 17.6. The quantitative estimate of drug-likeness (QED) is 0.421. The van der Waals surface area contributed by atoms with Crippen LogP contribution in [0.3, 0.4) is 0 Å². The van der Waals surface area contributed by atoms with E-state index in [1.807, 2.05) is 64.1 Å². The zero-order valence-corrected chi connectivity index (χ0v) is 18.4. The lowest BCUT2D eigenvalue weighted by atomic mass is 10.1. The van der Waals surface area contributed by atoms with Crippen molar-refractivity contribution in [2.75, 3.05) is 13.1 Å². The van der Waals surface area contributed by atoms with Crippen molar-refractivity contribution in [3.8, 4) is 0 Å². The Balaban J connectivity index is 1.61. The number of hydrogen-bond donors (Lipinski definition) is 0. The lowest BCUT2D eigenvalue weighted by molar-refractivity contribution is -0.129. The number of likely N-dealkylation sites (tertiary alicyclic amines) is 1. The topological polar surface area (TPSA) is 55.2 Å². The average molecular weight is 434 g/mol. The summed E-state index contributed by atoms with van der Waals surface area (Å²) in [7, 11) is 0. The van der Waals surface area contributed by atoms with Crippen LogP contribution in [-0.4, -0.2) is 33.4 Å². The van der Waals surface area contributed by atoms with Crippen molar-refractivity contribution >= 4 is 28.6 Å². The Morgan fingerprint density at radius 3 is 2.35 bits per heavy atom. The van der Waals surface area contributed by atoms with Gasteiger partial charge in [0.25, 0.3) is 5.56 Å². The fraction of sp³-hybridized carbons (Fsp3) is 0.400. The fourth-order valence-corrected chi connectivity index (χ4v) is 6.04. The van der Waals surface area contributed by atoms with Gasteiger partial charge in [0.15, 0.2) is 5.16 Å². The van der Waals surface area contributed by atoms with Crippen molar-refractivity contribution in [2.24, 2.45) is 0 Å². The van der Waals surface area contributed by atoms with E-state index in [4.69, 9.17) is 4.98 Å². The van der Waals surface area contributed by atoms with Crippen molar-refractivity contribution < 1.29 is 4.79 Å². The van der Waals surface area contributed by atoms with Gasteiger partial charge in [-0.1, -0.05) is 67.1 Å². The molecule has 2 fully saturated rings. The minimum Gasteiger partial charge on any atom is -0.341 e. The number of benzene rings is 2. The fourth-order valence-electron chi connectivity index (χ4n) is 4.79. The van der Waals surface area contributed by atoms with Crippen molar-refractivity contribution in [1.82, 2.24) is 14.5 Å². The first-order valence-electron chi connectivity index (χ1n) is 11.2. The molecule has 2 aromatic carbocycles. The molecular formula is C25H27N3O2S. The van der Waals surface area contributed by atoms with Crippen molar-refractivity contribution in [3.05, 3.63) is 70.5 Å². The summed E-state index contributed by atoms with van der Waals surface area (Å²) >= 11 is 1.44. The number of hydrogen-bond acceptors (Lipinski definition) is 4. The highest BCUT2D eigenvalue weighted by atomic mass is 32.2. The molecule has 6 heteroatoms. The van der Waals surface area contributed by atoms with E-state index in [0.29, 0.717) is 16.1 Å². The molecule has 0 spiro atoms. The summed E-state index contributed by atoms with van der Waals surface area (Å²) in [4.78, 5) is 33.9. The lowest BCUT2D eigenvalue weighted by Gasteiger charge is -2.25. The molecule has 2 heterocycles. The van der Waals surface area contributed by atoms with Gasteiger partial charge in [0.05, 0.1) is 10.9 Å². The van der Waals surface area contributed by atoms with Crippen LogP contribution in [0.25, 0.3) is 10.9 Å². The summed E-state index contributed by atoms with van der Waals surface area (Å²) in [6, 6.07) is 17.6. The van der Waals surface area contributed by atoms with Crippen LogP contribution in [0.5, 0.6) is 0 Å². The van der Waals surface area contributed by atoms with E-state index in [0.717, 1.165) is 57.2 Å². The number of carbonyl (C=O) groups is 1. The van der Waals surface area contributed by atoms with Gasteiger partial charge in [0, 0.05) is 19.1 Å². The van der Waals surface area contributed by atoms with Crippen LogP contribution >= 0.6 is 11.8 Å². The van der Waals surface area contributed by atoms with Crippen molar-refractivity contribution in [1.29, 1.82) is 0 Å². The van der Waals surface area contributed by atoms with Gasteiger partial charge in [-0.2, -0.15) is 0 Å². The monoisotopic (exact) mass is 433 g/mol. The number of para-hydroxylation sites is 1. The molecule has 2 aliphatic rings. The smallest absolute Gasteiger partial charge is 0.262 e. The van der Waals surface area contributed by atoms with Gasteiger partial charge in [-0.25, -0.2) is 4.98 Å². The van der Waals surface area contributed by atoms with Gasteiger partial charge in [0.1, 0.15) is 5.25 Å². The zero-order chi connectivity index (χ0) is 21.2. The first-order chi connectivity index (χ1) is 15.2. The Labute approximate surface area is 186 Å². The largest absolute Gasteiger partial charge is 0.341 e. The number of nitrogens with zero attached hydrogens (tertiary/aromatic N) is 3. The Hall–Kier alpha value is -2.60. The third kappa shape index (κ3) is 4.01. The summed E-state index contributed by atoms with van der Waals surface area (Å²) in [5.74, 6) is 0.120. The van der Waals surface area contributed by atoms with Gasteiger partial charge in [-0.3, -0.25) is 14.2 Å². The van der Waals surface area contributed by atoms with Crippen LogP contribution in [0, 0.1) is 0 Å². The van der Waals surface area contributed by atoms with Crippen LogP contribution < -0.4 is 5.56 Å². The summed E-state index contributed by atoms with van der Waals surface area (Å²) in [5, 5.41) is 0.915. The van der Waals surface area contributed by atoms with E-state index < -0.39 is 5.25 Å². The molecule has 1 amide bonds. The predicted octanol–water partition coefficient (Wildman–Crippen LogP) is 4.97. The summed E-state index contributed by atoms with van der Waals surface area (Å²) < 4.78 is 1.88. The normalized spacial score (nSPS) is 18.0. The average Bonchev–Trinajstić information content (AvgIpc) is 3.52. The molecule has 5 nitrogen and oxygen atoms in total. The minimum atomic E-state index is -0.403. The molecule has 1 aliphatic heterocycles. The summed E-state index contributed by atoms with van der Waals surface area (Å²) in [5.41, 5.74) is 1.68. The molecule has 1 atom stereocenters. The number of carbonyl (C=O) groups excluding carboxylic acids is 1. The SMILES string of the molecule is O=C([C@@H](Sc1nc2ccccc2c(=O)n1C1CCCC1)c1ccccc1)N1CCCC1. The van der Waals surface area contributed by atoms with E-state index in [2.05, 4.69) is 0 Å². The van der Waals surface area contributed by atoms with Crippen LogP contribution in [0.1, 0.15) is 55.4 Å². The standard InChI is InChI=1S/C25H27N3O2S/c29-23-20-14-6-7-15-21(20)26-25(28(23)19-12-4-5-13-19)31-22(18-10-2-1-3-11-18)24(30)27-16-8-9-17-27/h1-3,6-7,10-11,14-15,19,22H,4-5,8-9,12-13,16-17H2/t22-/m0/s1. The van der Waals surface area contributed by atoms with E-state index in [1.54, 1.807) is 0 Å². The molecule has 1 aromatic heterocycles. The highest BCUT2D eigenvalue weighted by Crippen LogP contribution is 2.39. The van der Waals surface area contributed by atoms with E-state index in [1.165, 1.54) is 11.8 Å². The Bertz CT molecular complexity index is 1130. The maximum atomic E-state index is 13.5. The van der Waals surface area contributed by atoms with E-state index in [-0.39, 0.29) is 17.5 Å². The maximum absolute atomic E-state index is 13.5. The molecule has 0 radical (unpaired) electrons. The van der Waals surface area contributed by atoms with Gasteiger partial charge >= 0.3 is 0 Å². The van der Waals surface area contributed by atoms with Gasteiger partial charge in [0.2, 0.25) is 5.91 Å². The minimum absolute atomic E-state index is 0.0143. The summed E-state index contributed by atoms with van der Waals surface area (Å²) in [6.45, 7) is 1.62. The molecule has 0 bridgehead atoms. The molecule has 31 heavy (non-hydrogen) atoms. The number of rotatable bonds is 5. The first-order valence-corrected chi connectivity index (χ1v) is 12.1. The molecule has 0 unspecified atom stereocenters. The Morgan fingerprint density at radius 2 is 1.61 bits per heavy atom. The van der Waals surface area contributed by atoms with Gasteiger partial charge < -0.3 is 4.90 Å². The highest BCUT2D eigenvalue weighted by Gasteiger charge is 2.32. The highest BCUT2D eigenvalue weighted by molar-refractivity contribution is 8.00. The third-order valence-corrected chi connectivity index (χ3v) is 7.64. The van der Waals surface area contributed by atoms with Crippen LogP contribution in [-0.2, 0) is 4.79 Å². The second-order valence-electron chi connectivity index (χ2n) is 8.47. The Morgan fingerprint density at radius 1 is 0.935 bits per heavy atom. The second kappa shape index (κ2) is 8.87. The molecule has 160 valence electrons. The van der Waals surface area contributed by atoms with Gasteiger partial charge in [-0.05, 0) is 43.4 Å². The Kier molecular flexibility index (Phi) is 5.81. The molecule has 5 rings (SSSR count). The lowest BCUT2D eigenvalue weighted by Crippen LogP contribution is -2.32. The van der Waals surface area contributed by atoms with Crippen molar-refractivity contribution in [3.63, 3.8) is 0 Å². The van der Waals surface area contributed by atoms with E-state index in [9.17, 15) is 9.59 Å². The molecule has 1 aliphatic carbocycles. The third-order valence-electron chi connectivity index (χ3n) is 6.43. The van der Waals surface area contributed by atoms with Gasteiger partial charge in [-0.15, -0.1) is 0 Å². The molecule has 1 saturated heterocycles. The van der Waals surface area contributed by atoms with Crippen LogP contribution in [0.2, 0.25) is 0 Å². The van der Waals surface area contributed by atoms with Crippen LogP contribution in [0.15, 0.2) is 64.5 Å². The van der Waals surface area contributed by atoms with E-state index >= 15 is 0 Å². The number of aromatic nitrogens is 2. The second-order valence-corrected chi connectivity index (χ2v) is 9.54. The molecule has 1 saturated carbocycles. The number of thioether (sulfide) groups is 1. The first kappa shape index (κ1) is 20.3. The molecular weight excluding hydrogens is 406 g/mol. The number of amides is 1. The number of fused-ring (bicyclic) bond motifs is 1. The predicted molar refractivity (Wildman–Crippen MR) is 124 cm³/mol. The molecule has 0 N–H and O–H groups in total. The molecule has 3 aromatic rings. The maximum Gasteiger partial charge on any atom is 0.262 e. The summed E-state index contributed by atoms with van der Waals surface area (Å²) in [6.07, 6.45) is 6.34. The van der Waals surface area contributed by atoms with Crippen LogP contribution in [0.4, 0.5) is 0 Å². The van der Waals surface area contributed by atoms with Crippen molar-refractivity contribution in [2.45, 2.75) is 55.0 Å².